The average Bonchev–Trinajstić information content (AvgIpc) is 2.39. The number of oxime groups is 1. The quantitative estimate of drug-likeness (QED) is 0.387. The van der Waals surface area contributed by atoms with E-state index in [9.17, 15) is 0 Å². The van der Waals surface area contributed by atoms with Crippen LogP contribution in [0.5, 0.6) is 0 Å². The van der Waals surface area contributed by atoms with Crippen LogP contribution in [0.1, 0.15) is 10.7 Å². The maximum absolute atomic E-state index is 8.41. The second kappa shape index (κ2) is 3.12. The lowest BCUT2D eigenvalue weighted by Crippen LogP contribution is -1.96. The van der Waals surface area contributed by atoms with Gasteiger partial charge in [-0.3, -0.25) is 0 Å². The molecule has 0 bridgehead atoms. The molecule has 5 heteroatoms. The standard InChI is InChI=1S/C6H5N3OS/c1-4-8-6(3-11-4)5(2-7)9-10/h3,10H,1H3. The largest absolute Gasteiger partial charge is 0.410 e. The molecule has 56 valence electrons. The molecule has 0 fully saturated rings. The molecule has 0 aliphatic carbocycles. The molecule has 0 saturated carbocycles. The highest BCUT2D eigenvalue weighted by Gasteiger charge is 2.05. The predicted molar refractivity (Wildman–Crippen MR) is 40.8 cm³/mol. The normalized spacial score (nSPS) is 11.1. The number of nitriles is 1. The molecule has 0 aromatic carbocycles. The molecule has 1 heterocycles. The highest BCUT2D eigenvalue weighted by molar-refractivity contribution is 7.09. The van der Waals surface area contributed by atoms with E-state index in [2.05, 4.69) is 10.1 Å². The van der Waals surface area contributed by atoms with Crippen LogP contribution in [0.3, 0.4) is 0 Å². The van der Waals surface area contributed by atoms with Crippen LogP contribution >= 0.6 is 11.3 Å². The molecule has 0 saturated heterocycles. The third-order valence-electron chi connectivity index (χ3n) is 1.07. The minimum atomic E-state index is -0.0469. The van der Waals surface area contributed by atoms with Crippen molar-refractivity contribution in [3.8, 4) is 6.07 Å². The van der Waals surface area contributed by atoms with Crippen molar-refractivity contribution in [2.75, 3.05) is 0 Å². The third kappa shape index (κ3) is 1.53. The second-order valence-electron chi connectivity index (χ2n) is 1.81. The van der Waals surface area contributed by atoms with Crippen molar-refractivity contribution >= 4 is 17.0 Å². The maximum Gasteiger partial charge on any atom is 0.205 e. The van der Waals surface area contributed by atoms with Gasteiger partial charge in [0.2, 0.25) is 5.71 Å². The Kier molecular flexibility index (Phi) is 2.18. The fraction of sp³-hybridized carbons (Fsp3) is 0.167. The summed E-state index contributed by atoms with van der Waals surface area (Å²) in [5.41, 5.74) is 0.381. The van der Waals surface area contributed by atoms with E-state index >= 15 is 0 Å². The average molecular weight is 167 g/mol. The molecule has 0 atom stereocenters. The molecule has 0 aliphatic rings. The number of hydrogen-bond donors (Lipinski definition) is 1. The van der Waals surface area contributed by atoms with Crippen LogP contribution in [0, 0.1) is 18.3 Å². The van der Waals surface area contributed by atoms with Crippen LogP contribution in [0.25, 0.3) is 0 Å². The molecule has 1 aromatic rings. The summed E-state index contributed by atoms with van der Waals surface area (Å²) in [4.78, 5) is 3.96. The van der Waals surface area contributed by atoms with E-state index in [0.29, 0.717) is 5.69 Å². The Hall–Kier alpha value is -1.41. The SMILES string of the molecule is Cc1nc(C(C#N)=NO)cs1. The van der Waals surface area contributed by atoms with Crippen LogP contribution < -0.4 is 0 Å². The van der Waals surface area contributed by atoms with Crippen molar-refractivity contribution in [1.29, 1.82) is 5.26 Å². The highest BCUT2D eigenvalue weighted by Crippen LogP contribution is 2.08. The summed E-state index contributed by atoms with van der Waals surface area (Å²) < 4.78 is 0. The van der Waals surface area contributed by atoms with Gasteiger partial charge in [-0.2, -0.15) is 5.26 Å². The Labute approximate surface area is 67.4 Å². The van der Waals surface area contributed by atoms with Gasteiger partial charge in [-0.05, 0) is 6.92 Å². The molecule has 0 spiro atoms. The summed E-state index contributed by atoms with van der Waals surface area (Å²) >= 11 is 1.41. The highest BCUT2D eigenvalue weighted by atomic mass is 32.1. The topological polar surface area (TPSA) is 69.3 Å². The molecular weight excluding hydrogens is 162 g/mol. The second-order valence-corrected chi connectivity index (χ2v) is 2.87. The Morgan fingerprint density at radius 2 is 2.64 bits per heavy atom. The zero-order valence-electron chi connectivity index (χ0n) is 5.77. The van der Waals surface area contributed by atoms with Crippen molar-refractivity contribution in [3.63, 3.8) is 0 Å². The van der Waals surface area contributed by atoms with E-state index in [4.69, 9.17) is 10.5 Å². The van der Waals surface area contributed by atoms with E-state index < -0.39 is 0 Å². The van der Waals surface area contributed by atoms with Crippen LogP contribution in [-0.2, 0) is 0 Å². The van der Waals surface area contributed by atoms with Crippen molar-refractivity contribution in [3.05, 3.63) is 16.1 Å². The zero-order chi connectivity index (χ0) is 8.27. The first-order chi connectivity index (χ1) is 5.27. The molecule has 4 nitrogen and oxygen atoms in total. The number of hydrogen-bond acceptors (Lipinski definition) is 5. The van der Waals surface area contributed by atoms with Crippen molar-refractivity contribution in [2.45, 2.75) is 6.92 Å². The van der Waals surface area contributed by atoms with E-state index in [1.54, 1.807) is 11.4 Å². The molecule has 0 amide bonds. The fourth-order valence-electron chi connectivity index (χ4n) is 0.603. The molecule has 0 radical (unpaired) electrons. The molecule has 1 N–H and O–H groups in total. The number of aryl methyl sites for hydroxylation is 1. The van der Waals surface area contributed by atoms with Gasteiger partial charge in [0.25, 0.3) is 0 Å². The Bertz CT molecular complexity index is 323. The lowest BCUT2D eigenvalue weighted by atomic mass is 10.3. The van der Waals surface area contributed by atoms with Gasteiger partial charge >= 0.3 is 0 Å². The van der Waals surface area contributed by atoms with Crippen molar-refractivity contribution < 1.29 is 5.21 Å². The van der Waals surface area contributed by atoms with E-state index in [1.165, 1.54) is 11.3 Å². The first-order valence-corrected chi connectivity index (χ1v) is 3.70. The molecule has 1 aromatic heterocycles. The lowest BCUT2D eigenvalue weighted by molar-refractivity contribution is 0.320. The van der Waals surface area contributed by atoms with Gasteiger partial charge in [0, 0.05) is 5.38 Å². The summed E-state index contributed by atoms with van der Waals surface area (Å²) in [6.45, 7) is 1.82. The van der Waals surface area contributed by atoms with Crippen LogP contribution in [0.2, 0.25) is 0 Å². The molecule has 11 heavy (non-hydrogen) atoms. The number of rotatable bonds is 1. The number of thiazole rings is 1. The Morgan fingerprint density at radius 3 is 3.00 bits per heavy atom. The van der Waals surface area contributed by atoms with Gasteiger partial charge in [0.1, 0.15) is 11.8 Å². The summed E-state index contributed by atoms with van der Waals surface area (Å²) in [5.74, 6) is 0. The molecule has 0 aliphatic heterocycles. The first-order valence-electron chi connectivity index (χ1n) is 2.82. The summed E-state index contributed by atoms with van der Waals surface area (Å²) in [5, 5.41) is 22.0. The minimum absolute atomic E-state index is 0.0469. The Balaban J connectivity index is 3.03. The fourth-order valence-corrected chi connectivity index (χ4v) is 1.20. The van der Waals surface area contributed by atoms with E-state index in [-0.39, 0.29) is 5.71 Å². The van der Waals surface area contributed by atoms with Gasteiger partial charge in [-0.1, -0.05) is 5.16 Å². The van der Waals surface area contributed by atoms with Gasteiger partial charge in [0.05, 0.1) is 5.01 Å². The number of aromatic nitrogens is 1. The smallest absolute Gasteiger partial charge is 0.205 e. The summed E-state index contributed by atoms with van der Waals surface area (Å²) in [6, 6.07) is 1.73. The summed E-state index contributed by atoms with van der Waals surface area (Å²) in [7, 11) is 0. The van der Waals surface area contributed by atoms with Gasteiger partial charge in [0.15, 0.2) is 0 Å². The van der Waals surface area contributed by atoms with Crippen LogP contribution in [0.4, 0.5) is 0 Å². The maximum atomic E-state index is 8.41. The first kappa shape index (κ1) is 7.69. The van der Waals surface area contributed by atoms with Crippen LogP contribution in [0.15, 0.2) is 10.5 Å². The molecular formula is C6H5N3OS. The van der Waals surface area contributed by atoms with E-state index in [1.807, 2.05) is 6.92 Å². The van der Waals surface area contributed by atoms with Crippen molar-refractivity contribution in [2.24, 2.45) is 5.16 Å². The molecule has 1 rings (SSSR count). The van der Waals surface area contributed by atoms with E-state index in [0.717, 1.165) is 5.01 Å². The monoisotopic (exact) mass is 167 g/mol. The van der Waals surface area contributed by atoms with Crippen LogP contribution in [-0.4, -0.2) is 15.9 Å². The third-order valence-corrected chi connectivity index (χ3v) is 1.84. The number of nitrogens with zero attached hydrogens (tertiary/aromatic N) is 3. The summed E-state index contributed by atoms with van der Waals surface area (Å²) in [6.07, 6.45) is 0. The lowest BCUT2D eigenvalue weighted by Gasteiger charge is -1.84. The van der Waals surface area contributed by atoms with Crippen molar-refractivity contribution in [1.82, 2.24) is 4.98 Å². The minimum Gasteiger partial charge on any atom is -0.410 e. The van der Waals surface area contributed by atoms with Gasteiger partial charge < -0.3 is 5.21 Å². The van der Waals surface area contributed by atoms with Gasteiger partial charge in [-0.15, -0.1) is 11.3 Å². The molecule has 0 unspecified atom stereocenters. The van der Waals surface area contributed by atoms with Gasteiger partial charge in [-0.25, -0.2) is 4.98 Å². The predicted octanol–water partition coefficient (Wildman–Crippen LogP) is 1.15. The zero-order valence-corrected chi connectivity index (χ0v) is 6.59. The Morgan fingerprint density at radius 1 is 1.91 bits per heavy atom.